The van der Waals surface area contributed by atoms with Crippen molar-refractivity contribution in [3.05, 3.63) is 111 Å². The number of nitrogens with zero attached hydrogens (tertiary/aromatic N) is 1. The number of hydrogen-bond donors (Lipinski definition) is 4. The first-order chi connectivity index (χ1) is 20.4. The molecule has 0 radical (unpaired) electrons. The third-order valence-electron chi connectivity index (χ3n) is 7.49. The molecule has 0 unspecified atom stereocenters. The number of carbonyl (C=O) groups is 2. The van der Waals surface area contributed by atoms with E-state index >= 15 is 0 Å². The predicted molar refractivity (Wildman–Crippen MR) is 161 cm³/mol. The molecule has 0 saturated heterocycles. The Bertz CT molecular complexity index is 1410. The lowest BCUT2D eigenvalue weighted by Gasteiger charge is -2.29. The third kappa shape index (κ3) is 8.86. The van der Waals surface area contributed by atoms with Crippen molar-refractivity contribution in [3.8, 4) is 0 Å². The van der Waals surface area contributed by atoms with Gasteiger partial charge in [-0.2, -0.15) is 0 Å². The Balaban J connectivity index is 1.58. The van der Waals surface area contributed by atoms with Gasteiger partial charge in [0.25, 0.3) is 5.69 Å². The monoisotopic (exact) mass is 589 g/mol. The Morgan fingerprint density at radius 2 is 1.60 bits per heavy atom. The fraction of sp³-hybridized carbons (Fsp3) is 0.394. The number of aliphatic hydroxyl groups excluding tert-OH is 2. The summed E-state index contributed by atoms with van der Waals surface area (Å²) >= 11 is 0. The Hall–Kier alpha value is -4.28. The highest BCUT2D eigenvalue weighted by molar-refractivity contribution is 5.80. The fourth-order valence-corrected chi connectivity index (χ4v) is 5.41. The number of ether oxygens (including phenoxy) is 1. The summed E-state index contributed by atoms with van der Waals surface area (Å²) < 4.78 is 5.45. The van der Waals surface area contributed by atoms with E-state index in [1.807, 2.05) is 54.6 Å². The molecule has 5 atom stereocenters. The van der Waals surface area contributed by atoms with Crippen LogP contribution in [0.3, 0.4) is 0 Å². The molecule has 228 valence electrons. The molecule has 3 aromatic rings. The van der Waals surface area contributed by atoms with Crippen LogP contribution in [-0.2, 0) is 28.8 Å². The molecule has 0 saturated carbocycles. The van der Waals surface area contributed by atoms with Gasteiger partial charge >= 0.3 is 6.09 Å². The highest BCUT2D eigenvalue weighted by Gasteiger charge is 2.35. The molecule has 4 N–H and O–H groups in total. The maximum atomic E-state index is 13.8. The second kappa shape index (κ2) is 13.8. The lowest BCUT2D eigenvalue weighted by atomic mass is 9.88. The molecule has 43 heavy (non-hydrogen) atoms. The van der Waals surface area contributed by atoms with E-state index in [1.165, 1.54) is 12.1 Å². The molecule has 1 aliphatic rings. The quantitative estimate of drug-likeness (QED) is 0.191. The number of fused-ring (bicyclic) bond motifs is 1. The van der Waals surface area contributed by atoms with Crippen molar-refractivity contribution in [2.75, 3.05) is 0 Å². The zero-order valence-corrected chi connectivity index (χ0v) is 24.6. The van der Waals surface area contributed by atoms with E-state index in [1.54, 1.807) is 32.9 Å². The second-order valence-electron chi connectivity index (χ2n) is 12.0. The number of carbonyl (C=O) groups excluding carboxylic acids is 2. The maximum Gasteiger partial charge on any atom is 0.407 e. The molecule has 0 bridgehead atoms. The minimum Gasteiger partial charge on any atom is -0.444 e. The second-order valence-corrected chi connectivity index (χ2v) is 12.0. The Morgan fingerprint density at radius 1 is 0.977 bits per heavy atom. The average molecular weight is 590 g/mol. The first-order valence-electron chi connectivity index (χ1n) is 14.4. The van der Waals surface area contributed by atoms with Gasteiger partial charge in [-0.05, 0) is 62.3 Å². The Morgan fingerprint density at radius 3 is 2.26 bits per heavy atom. The van der Waals surface area contributed by atoms with Gasteiger partial charge in [0.15, 0.2) is 0 Å². The third-order valence-corrected chi connectivity index (χ3v) is 7.49. The van der Waals surface area contributed by atoms with Crippen LogP contribution in [0, 0.1) is 16.0 Å². The number of nitrogens with one attached hydrogen (secondary N) is 2. The van der Waals surface area contributed by atoms with Gasteiger partial charge in [0.05, 0.1) is 29.2 Å². The number of amides is 2. The van der Waals surface area contributed by atoms with Crippen LogP contribution in [0.2, 0.25) is 0 Å². The van der Waals surface area contributed by atoms with Gasteiger partial charge < -0.3 is 25.6 Å². The van der Waals surface area contributed by atoms with E-state index < -0.39 is 46.8 Å². The van der Waals surface area contributed by atoms with E-state index in [0.29, 0.717) is 18.4 Å². The van der Waals surface area contributed by atoms with Crippen LogP contribution >= 0.6 is 0 Å². The summed E-state index contributed by atoms with van der Waals surface area (Å²) in [6.07, 6.45) is -1.78. The Labute approximate surface area is 251 Å². The van der Waals surface area contributed by atoms with Crippen molar-refractivity contribution in [2.45, 2.75) is 76.3 Å². The molecule has 0 spiro atoms. The molecule has 3 aromatic carbocycles. The van der Waals surface area contributed by atoms with Crippen molar-refractivity contribution in [2.24, 2.45) is 5.92 Å². The molecule has 0 fully saturated rings. The molecule has 2 amide bonds. The van der Waals surface area contributed by atoms with Crippen LogP contribution in [0.4, 0.5) is 10.5 Å². The summed E-state index contributed by atoms with van der Waals surface area (Å²) in [4.78, 5) is 37.2. The standard InChI is InChI=1S/C33H39N3O7/c1-33(2,3)43-32(40)34-27(18-21-9-5-4-6-10-21)28(37)20-24(17-22-13-15-25(16-14-22)36(41)42)31(39)35-30-26-12-8-7-11-23(26)19-29(30)38/h4-16,24,27-30,37-38H,17-20H2,1-3H3,(H,34,40)(H,35,39)/t24-,27-,28-,29+,30-/m0/s1. The van der Waals surface area contributed by atoms with Gasteiger partial charge in [0, 0.05) is 24.5 Å². The summed E-state index contributed by atoms with van der Waals surface area (Å²) in [7, 11) is 0. The molecule has 1 aliphatic carbocycles. The average Bonchev–Trinajstić information content (AvgIpc) is 3.26. The SMILES string of the molecule is CC(C)(C)OC(=O)N[C@@H](Cc1ccccc1)[C@@H](O)C[C@H](Cc1ccc([N+](=O)[O-])cc1)C(=O)N[C@H]1c2ccccc2C[C@H]1O. The Kier molecular flexibility index (Phi) is 10.2. The number of rotatable bonds is 11. The van der Waals surface area contributed by atoms with Gasteiger partial charge in [0.1, 0.15) is 5.60 Å². The number of alkyl carbamates (subject to hydrolysis) is 1. The number of aliphatic hydroxyl groups is 2. The van der Waals surface area contributed by atoms with Crippen LogP contribution < -0.4 is 10.6 Å². The van der Waals surface area contributed by atoms with Crippen LogP contribution in [-0.4, -0.2) is 51.0 Å². The van der Waals surface area contributed by atoms with Crippen LogP contribution in [0.1, 0.15) is 55.5 Å². The van der Waals surface area contributed by atoms with E-state index in [-0.39, 0.29) is 24.4 Å². The van der Waals surface area contributed by atoms with Crippen LogP contribution in [0.25, 0.3) is 0 Å². The van der Waals surface area contributed by atoms with Gasteiger partial charge in [-0.25, -0.2) is 4.79 Å². The summed E-state index contributed by atoms with van der Waals surface area (Å²) in [5, 5.41) is 39.2. The fourth-order valence-electron chi connectivity index (χ4n) is 5.41. The topological polar surface area (TPSA) is 151 Å². The smallest absolute Gasteiger partial charge is 0.407 e. The van der Waals surface area contributed by atoms with Gasteiger partial charge in [-0.3, -0.25) is 14.9 Å². The molecule has 4 rings (SSSR count). The molecule has 0 aliphatic heterocycles. The van der Waals surface area contributed by atoms with Crippen molar-refractivity contribution >= 4 is 17.7 Å². The largest absolute Gasteiger partial charge is 0.444 e. The zero-order chi connectivity index (χ0) is 31.1. The summed E-state index contributed by atoms with van der Waals surface area (Å²) in [5.74, 6) is -1.16. The number of benzene rings is 3. The van der Waals surface area contributed by atoms with E-state index in [9.17, 15) is 29.9 Å². The van der Waals surface area contributed by atoms with Crippen molar-refractivity contribution in [3.63, 3.8) is 0 Å². The van der Waals surface area contributed by atoms with Gasteiger partial charge in [-0.1, -0.05) is 66.7 Å². The lowest BCUT2D eigenvalue weighted by molar-refractivity contribution is -0.384. The van der Waals surface area contributed by atoms with Gasteiger partial charge in [-0.15, -0.1) is 0 Å². The number of non-ortho nitro benzene ring substituents is 1. The molecule has 10 nitrogen and oxygen atoms in total. The molecular formula is C33H39N3O7. The summed E-state index contributed by atoms with van der Waals surface area (Å²) in [6.45, 7) is 5.24. The van der Waals surface area contributed by atoms with E-state index in [4.69, 9.17) is 4.74 Å². The van der Waals surface area contributed by atoms with E-state index in [2.05, 4.69) is 10.6 Å². The number of nitro benzene ring substituents is 1. The van der Waals surface area contributed by atoms with Crippen LogP contribution in [0.15, 0.2) is 78.9 Å². The molecule has 0 heterocycles. The molecule has 0 aromatic heterocycles. The number of hydrogen-bond acceptors (Lipinski definition) is 7. The lowest BCUT2D eigenvalue weighted by Crippen LogP contribution is -2.48. The minimum atomic E-state index is -1.15. The first kappa shape index (κ1) is 31.7. The highest BCUT2D eigenvalue weighted by atomic mass is 16.6. The van der Waals surface area contributed by atoms with Gasteiger partial charge in [0.2, 0.25) is 5.91 Å². The summed E-state index contributed by atoms with van der Waals surface area (Å²) in [5.41, 5.74) is 2.53. The minimum absolute atomic E-state index is 0.0272. The number of nitro groups is 1. The van der Waals surface area contributed by atoms with E-state index in [0.717, 1.165) is 16.7 Å². The molecular weight excluding hydrogens is 550 g/mol. The van der Waals surface area contributed by atoms with Crippen molar-refractivity contribution in [1.29, 1.82) is 0 Å². The van der Waals surface area contributed by atoms with Crippen molar-refractivity contribution < 1.29 is 29.5 Å². The van der Waals surface area contributed by atoms with Crippen molar-refractivity contribution in [1.82, 2.24) is 10.6 Å². The zero-order valence-electron chi connectivity index (χ0n) is 24.6. The van der Waals surface area contributed by atoms with Crippen LogP contribution in [0.5, 0.6) is 0 Å². The normalized spacial score (nSPS) is 18.2. The summed E-state index contributed by atoms with van der Waals surface area (Å²) in [6, 6.07) is 21.4. The first-order valence-corrected chi connectivity index (χ1v) is 14.4. The molecule has 10 heteroatoms. The highest BCUT2D eigenvalue weighted by Crippen LogP contribution is 2.32. The maximum absolute atomic E-state index is 13.8. The predicted octanol–water partition coefficient (Wildman–Crippen LogP) is 4.42.